The fourth-order valence-electron chi connectivity index (χ4n) is 1.36. The summed E-state index contributed by atoms with van der Waals surface area (Å²) >= 11 is 0. The summed E-state index contributed by atoms with van der Waals surface area (Å²) in [6.45, 7) is 7.15. The van der Waals surface area contributed by atoms with Crippen LogP contribution in [-0.2, 0) is 14.3 Å². The number of esters is 1. The van der Waals surface area contributed by atoms with Gasteiger partial charge in [0.2, 0.25) is 0 Å². The van der Waals surface area contributed by atoms with E-state index < -0.39 is 0 Å². The van der Waals surface area contributed by atoms with Crippen LogP contribution in [0.1, 0.15) is 33.6 Å². The van der Waals surface area contributed by atoms with Crippen molar-refractivity contribution < 1.29 is 14.3 Å². The summed E-state index contributed by atoms with van der Waals surface area (Å²) in [7, 11) is 0. The lowest BCUT2D eigenvalue weighted by atomic mass is 10.1. The molecule has 1 fully saturated rings. The first kappa shape index (κ1) is 10.5. The molecule has 0 saturated carbocycles. The molecule has 0 spiro atoms. The lowest BCUT2D eigenvalue weighted by molar-refractivity contribution is -0.155. The molecule has 1 heterocycles. The quantitative estimate of drug-likeness (QED) is 0.616. The van der Waals surface area contributed by atoms with Crippen molar-refractivity contribution >= 4 is 5.97 Å². The lowest BCUT2D eigenvalue weighted by Crippen LogP contribution is -2.25. The van der Waals surface area contributed by atoms with Crippen molar-refractivity contribution in [3.05, 3.63) is 0 Å². The number of rotatable bonds is 2. The number of hydrogen-bond acceptors (Lipinski definition) is 3. The molecule has 0 aromatic rings. The summed E-state index contributed by atoms with van der Waals surface area (Å²) in [6.07, 6.45) is 1.48. The Hall–Kier alpha value is -0.570. The molecule has 0 bridgehead atoms. The first-order valence-corrected chi connectivity index (χ1v) is 4.77. The molecule has 1 rings (SSSR count). The monoisotopic (exact) mass is 186 g/mol. The van der Waals surface area contributed by atoms with Gasteiger partial charge in [-0.1, -0.05) is 0 Å². The van der Waals surface area contributed by atoms with E-state index in [4.69, 9.17) is 9.47 Å². The number of carbonyl (C=O) groups excluding carboxylic acids is 1. The Kier molecular flexibility index (Phi) is 3.31. The molecule has 1 atom stereocenters. The summed E-state index contributed by atoms with van der Waals surface area (Å²) in [4.78, 5) is 11.3. The van der Waals surface area contributed by atoms with Gasteiger partial charge in [0.15, 0.2) is 0 Å². The molecule has 0 amide bonds. The Morgan fingerprint density at radius 2 is 2.23 bits per heavy atom. The van der Waals surface area contributed by atoms with Crippen LogP contribution in [0.3, 0.4) is 0 Å². The first-order valence-electron chi connectivity index (χ1n) is 4.77. The second kappa shape index (κ2) is 4.09. The Morgan fingerprint density at radius 1 is 1.54 bits per heavy atom. The van der Waals surface area contributed by atoms with Crippen LogP contribution in [0.4, 0.5) is 0 Å². The van der Waals surface area contributed by atoms with Crippen molar-refractivity contribution in [2.75, 3.05) is 13.2 Å². The Bertz CT molecular complexity index is 175. The van der Waals surface area contributed by atoms with Crippen molar-refractivity contribution in [2.24, 2.45) is 5.92 Å². The summed E-state index contributed by atoms with van der Waals surface area (Å²) in [5.41, 5.74) is -0.365. The first-order chi connectivity index (χ1) is 5.97. The topological polar surface area (TPSA) is 35.5 Å². The van der Waals surface area contributed by atoms with E-state index in [1.807, 2.05) is 20.8 Å². The van der Waals surface area contributed by atoms with Crippen LogP contribution in [0.15, 0.2) is 0 Å². The van der Waals surface area contributed by atoms with Gasteiger partial charge in [0.1, 0.15) is 5.60 Å². The van der Waals surface area contributed by atoms with E-state index >= 15 is 0 Å². The molecule has 0 aliphatic carbocycles. The maximum Gasteiger partial charge on any atom is 0.306 e. The van der Waals surface area contributed by atoms with E-state index in [9.17, 15) is 4.79 Å². The van der Waals surface area contributed by atoms with Crippen LogP contribution in [0.2, 0.25) is 0 Å². The highest BCUT2D eigenvalue weighted by molar-refractivity contribution is 5.70. The SMILES string of the molecule is CC(C)(C)OC(=O)CC1CCOC1. The third-order valence-electron chi connectivity index (χ3n) is 1.90. The van der Waals surface area contributed by atoms with Gasteiger partial charge < -0.3 is 9.47 Å². The third-order valence-corrected chi connectivity index (χ3v) is 1.90. The van der Waals surface area contributed by atoms with Gasteiger partial charge in [0, 0.05) is 6.61 Å². The third kappa shape index (κ3) is 4.27. The largest absolute Gasteiger partial charge is 0.460 e. The van der Waals surface area contributed by atoms with Gasteiger partial charge in [-0.25, -0.2) is 0 Å². The van der Waals surface area contributed by atoms with Crippen LogP contribution in [0, 0.1) is 5.92 Å². The van der Waals surface area contributed by atoms with Crippen molar-refractivity contribution in [1.82, 2.24) is 0 Å². The number of carbonyl (C=O) groups is 1. The summed E-state index contributed by atoms with van der Waals surface area (Å²) in [5.74, 6) is 0.262. The summed E-state index contributed by atoms with van der Waals surface area (Å²) in [6, 6.07) is 0. The Balaban J connectivity index is 2.24. The molecule has 0 aromatic carbocycles. The molecule has 0 aromatic heterocycles. The summed E-state index contributed by atoms with van der Waals surface area (Å²) < 4.78 is 10.4. The molecule has 13 heavy (non-hydrogen) atoms. The molecular weight excluding hydrogens is 168 g/mol. The molecule has 1 unspecified atom stereocenters. The van der Waals surface area contributed by atoms with Crippen LogP contribution < -0.4 is 0 Å². The van der Waals surface area contributed by atoms with E-state index in [-0.39, 0.29) is 11.6 Å². The second-order valence-electron chi connectivity index (χ2n) is 4.52. The molecule has 76 valence electrons. The predicted octanol–water partition coefficient (Wildman–Crippen LogP) is 1.75. The zero-order chi connectivity index (χ0) is 9.90. The minimum atomic E-state index is -0.365. The molecule has 1 saturated heterocycles. The number of ether oxygens (including phenoxy) is 2. The zero-order valence-electron chi connectivity index (χ0n) is 8.63. The summed E-state index contributed by atoms with van der Waals surface area (Å²) in [5, 5.41) is 0. The van der Waals surface area contributed by atoms with Gasteiger partial charge in [-0.2, -0.15) is 0 Å². The van der Waals surface area contributed by atoms with Gasteiger partial charge in [-0.15, -0.1) is 0 Å². The molecule has 3 nitrogen and oxygen atoms in total. The van der Waals surface area contributed by atoms with E-state index in [1.54, 1.807) is 0 Å². The van der Waals surface area contributed by atoms with Crippen LogP contribution in [0.25, 0.3) is 0 Å². The zero-order valence-corrected chi connectivity index (χ0v) is 8.63. The highest BCUT2D eigenvalue weighted by Gasteiger charge is 2.23. The van der Waals surface area contributed by atoms with Crippen molar-refractivity contribution in [2.45, 2.75) is 39.2 Å². The maximum atomic E-state index is 11.3. The standard InChI is InChI=1S/C10H18O3/c1-10(2,3)13-9(11)6-8-4-5-12-7-8/h8H,4-7H2,1-3H3. The smallest absolute Gasteiger partial charge is 0.306 e. The highest BCUT2D eigenvalue weighted by Crippen LogP contribution is 2.18. The molecule has 0 N–H and O–H groups in total. The van der Waals surface area contributed by atoms with Gasteiger partial charge in [0.05, 0.1) is 13.0 Å². The van der Waals surface area contributed by atoms with Crippen LogP contribution >= 0.6 is 0 Å². The maximum absolute atomic E-state index is 11.3. The molecular formula is C10H18O3. The average Bonchev–Trinajstić information content (AvgIpc) is 2.34. The molecule has 3 heteroatoms. The molecule has 1 aliphatic heterocycles. The minimum absolute atomic E-state index is 0.108. The van der Waals surface area contributed by atoms with Gasteiger partial charge >= 0.3 is 5.97 Å². The van der Waals surface area contributed by atoms with E-state index in [2.05, 4.69) is 0 Å². The van der Waals surface area contributed by atoms with Crippen molar-refractivity contribution in [3.8, 4) is 0 Å². The Labute approximate surface area is 79.4 Å². The van der Waals surface area contributed by atoms with Crippen LogP contribution in [-0.4, -0.2) is 24.8 Å². The van der Waals surface area contributed by atoms with Gasteiger partial charge in [0.25, 0.3) is 0 Å². The minimum Gasteiger partial charge on any atom is -0.460 e. The number of hydrogen-bond donors (Lipinski definition) is 0. The van der Waals surface area contributed by atoms with Crippen LogP contribution in [0.5, 0.6) is 0 Å². The molecule has 0 radical (unpaired) electrons. The van der Waals surface area contributed by atoms with Crippen molar-refractivity contribution in [3.63, 3.8) is 0 Å². The normalized spacial score (nSPS) is 23.2. The van der Waals surface area contributed by atoms with E-state index in [1.165, 1.54) is 0 Å². The molecule has 1 aliphatic rings. The van der Waals surface area contributed by atoms with E-state index in [0.29, 0.717) is 18.9 Å². The predicted molar refractivity (Wildman–Crippen MR) is 49.4 cm³/mol. The second-order valence-corrected chi connectivity index (χ2v) is 4.52. The fourth-order valence-corrected chi connectivity index (χ4v) is 1.36. The van der Waals surface area contributed by atoms with Gasteiger partial charge in [-0.3, -0.25) is 4.79 Å². The fraction of sp³-hybridized carbons (Fsp3) is 0.900. The van der Waals surface area contributed by atoms with E-state index in [0.717, 1.165) is 13.0 Å². The van der Waals surface area contributed by atoms with Gasteiger partial charge in [-0.05, 0) is 33.1 Å². The average molecular weight is 186 g/mol. The van der Waals surface area contributed by atoms with Crippen molar-refractivity contribution in [1.29, 1.82) is 0 Å². The highest BCUT2D eigenvalue weighted by atomic mass is 16.6. The lowest BCUT2D eigenvalue weighted by Gasteiger charge is -2.20. The Morgan fingerprint density at radius 3 is 2.69 bits per heavy atom.